The summed E-state index contributed by atoms with van der Waals surface area (Å²) in [6.45, 7) is 7.90. The van der Waals surface area contributed by atoms with Crippen LogP contribution in [-0.2, 0) is 16.0 Å². The molecule has 0 aliphatic carbocycles. The molecule has 59 heavy (non-hydrogen) atoms. The van der Waals surface area contributed by atoms with E-state index in [1.165, 1.54) is 17.7 Å². The molecule has 9 rings (SSSR count). The van der Waals surface area contributed by atoms with Crippen LogP contribution in [0.25, 0.3) is 16.9 Å². The van der Waals surface area contributed by atoms with E-state index >= 15 is 0 Å². The van der Waals surface area contributed by atoms with Crippen LogP contribution in [0, 0.1) is 5.92 Å². The monoisotopic (exact) mass is 815 g/mol. The summed E-state index contributed by atoms with van der Waals surface area (Å²) in [5.41, 5.74) is 9.31. The number of piperazine rings is 1. The number of nitrogens with zero attached hydrogens (tertiary/aromatic N) is 8. The third-order valence-corrected chi connectivity index (χ3v) is 13.0. The number of hydrogen-bond donors (Lipinski definition) is 3. The van der Waals surface area contributed by atoms with Crippen molar-refractivity contribution in [1.29, 1.82) is 0 Å². The van der Waals surface area contributed by atoms with Crippen LogP contribution in [0.15, 0.2) is 67.0 Å². The lowest BCUT2D eigenvalue weighted by molar-refractivity contribution is -0.134. The predicted octanol–water partition coefficient (Wildman–Crippen LogP) is 5.49. The number of hydrogen-bond acceptors (Lipinski definition) is 11. The van der Waals surface area contributed by atoms with E-state index in [0.29, 0.717) is 35.1 Å². The molecule has 0 spiro atoms. The van der Waals surface area contributed by atoms with Crippen molar-refractivity contribution in [3.05, 3.63) is 88.8 Å². The molecule has 15 heteroatoms. The van der Waals surface area contributed by atoms with Crippen LogP contribution in [0.1, 0.15) is 59.6 Å². The molecule has 14 nitrogen and oxygen atoms in total. The Bertz CT molecular complexity index is 2400. The van der Waals surface area contributed by atoms with Gasteiger partial charge in [0.25, 0.3) is 5.91 Å². The molecular formula is C44H50ClN11O3. The Morgan fingerprint density at radius 2 is 1.68 bits per heavy atom. The minimum absolute atomic E-state index is 0.214. The number of carbonyl (C=O) groups excluding carboxylic acids is 3. The number of nitrogens with one attached hydrogen (secondary N) is 3. The fraction of sp³-hybridized carbons (Fsp3) is 0.409. The molecule has 3 saturated heterocycles. The van der Waals surface area contributed by atoms with E-state index in [-0.39, 0.29) is 23.6 Å². The third-order valence-electron chi connectivity index (χ3n) is 12.7. The Morgan fingerprint density at radius 3 is 2.44 bits per heavy atom. The van der Waals surface area contributed by atoms with Crippen molar-refractivity contribution >= 4 is 63.5 Å². The highest BCUT2D eigenvalue weighted by Gasteiger charge is 2.31. The van der Waals surface area contributed by atoms with Crippen molar-refractivity contribution in [1.82, 2.24) is 35.1 Å². The molecule has 0 bridgehead atoms. The van der Waals surface area contributed by atoms with Crippen LogP contribution in [0.2, 0.25) is 5.02 Å². The van der Waals surface area contributed by atoms with Gasteiger partial charge in [0.2, 0.25) is 11.8 Å². The largest absolute Gasteiger partial charge is 0.385 e. The molecule has 3 N–H and O–H groups in total. The lowest BCUT2D eigenvalue weighted by Gasteiger charge is -2.38. The normalized spacial score (nSPS) is 19.0. The molecule has 0 radical (unpaired) electrons. The van der Waals surface area contributed by atoms with Crippen LogP contribution in [-0.4, -0.2) is 109 Å². The Labute approximate surface area is 348 Å². The van der Waals surface area contributed by atoms with E-state index in [2.05, 4.69) is 76.9 Å². The Hall–Kier alpha value is -5.73. The highest BCUT2D eigenvalue weighted by Crippen LogP contribution is 2.41. The van der Waals surface area contributed by atoms with Crippen molar-refractivity contribution in [2.24, 2.45) is 5.92 Å². The van der Waals surface area contributed by atoms with Crippen molar-refractivity contribution in [2.45, 2.75) is 44.4 Å². The fourth-order valence-corrected chi connectivity index (χ4v) is 9.60. The number of fused-ring (bicyclic) bond motifs is 2. The molecule has 4 aliphatic heterocycles. The number of halogens is 1. The molecule has 1 unspecified atom stereocenters. The van der Waals surface area contributed by atoms with Crippen LogP contribution in [0.5, 0.6) is 0 Å². The summed E-state index contributed by atoms with van der Waals surface area (Å²) in [4.78, 5) is 55.6. The Balaban J connectivity index is 0.792. The number of imide groups is 1. The average molecular weight is 816 g/mol. The maximum Gasteiger partial charge on any atom is 0.271 e. The molecule has 1 atom stereocenters. The minimum atomic E-state index is -0.372. The lowest BCUT2D eigenvalue weighted by Crippen LogP contribution is -2.47. The van der Waals surface area contributed by atoms with Crippen molar-refractivity contribution in [2.75, 3.05) is 86.5 Å². The first-order chi connectivity index (χ1) is 28.8. The summed E-state index contributed by atoms with van der Waals surface area (Å²) in [6.07, 6.45) is 8.69. The summed E-state index contributed by atoms with van der Waals surface area (Å²) >= 11 is 6.69. The lowest BCUT2D eigenvalue weighted by atomic mass is 9.90. The summed E-state index contributed by atoms with van der Waals surface area (Å²) in [7, 11) is 3.46. The van der Waals surface area contributed by atoms with E-state index in [9.17, 15) is 14.4 Å². The number of rotatable bonds is 10. The number of pyridine rings is 1. The van der Waals surface area contributed by atoms with Gasteiger partial charge in [0.1, 0.15) is 0 Å². The second kappa shape index (κ2) is 16.5. The molecule has 4 aliphatic rings. The fourth-order valence-electron chi connectivity index (χ4n) is 9.29. The predicted molar refractivity (Wildman–Crippen MR) is 231 cm³/mol. The minimum Gasteiger partial charge on any atom is -0.385 e. The van der Waals surface area contributed by atoms with E-state index in [4.69, 9.17) is 21.7 Å². The number of aromatic nitrogens is 4. The zero-order valence-electron chi connectivity index (χ0n) is 33.6. The summed E-state index contributed by atoms with van der Waals surface area (Å²) < 4.78 is 1.61. The van der Waals surface area contributed by atoms with Gasteiger partial charge >= 0.3 is 0 Å². The van der Waals surface area contributed by atoms with Gasteiger partial charge in [0, 0.05) is 106 Å². The first kappa shape index (κ1) is 38.8. The molecular weight excluding hydrogens is 766 g/mol. The first-order valence-corrected chi connectivity index (χ1v) is 21.2. The summed E-state index contributed by atoms with van der Waals surface area (Å²) in [6, 6.07) is 18.8. The van der Waals surface area contributed by atoms with Gasteiger partial charge in [0.15, 0.2) is 17.2 Å². The molecule has 3 fully saturated rings. The van der Waals surface area contributed by atoms with Crippen molar-refractivity contribution in [3.8, 4) is 11.3 Å². The zero-order chi connectivity index (χ0) is 40.6. The molecule has 3 aromatic heterocycles. The quantitative estimate of drug-likeness (QED) is 0.154. The van der Waals surface area contributed by atoms with Crippen molar-refractivity contribution in [3.63, 3.8) is 0 Å². The van der Waals surface area contributed by atoms with Gasteiger partial charge in [-0.3, -0.25) is 29.6 Å². The van der Waals surface area contributed by atoms with Crippen LogP contribution in [0.3, 0.4) is 0 Å². The molecule has 5 aromatic rings. The topological polar surface area (TPSA) is 143 Å². The Kier molecular flexibility index (Phi) is 10.8. The van der Waals surface area contributed by atoms with E-state index in [1.54, 1.807) is 17.8 Å². The maximum absolute atomic E-state index is 12.6. The van der Waals surface area contributed by atoms with Crippen LogP contribution >= 0.6 is 11.6 Å². The molecule has 306 valence electrons. The number of anilines is 5. The number of carbonyl (C=O) groups is 3. The van der Waals surface area contributed by atoms with Gasteiger partial charge in [-0.15, -0.1) is 5.10 Å². The molecule has 3 amide bonds. The van der Waals surface area contributed by atoms with Crippen molar-refractivity contribution < 1.29 is 14.4 Å². The number of piperidine rings is 2. The number of amides is 3. The second-order valence-corrected chi connectivity index (χ2v) is 16.4. The smallest absolute Gasteiger partial charge is 0.271 e. The highest BCUT2D eigenvalue weighted by atomic mass is 35.5. The van der Waals surface area contributed by atoms with Crippen LogP contribution in [0.4, 0.5) is 28.6 Å². The number of benzene rings is 2. The van der Waals surface area contributed by atoms with Gasteiger partial charge < -0.3 is 25.3 Å². The standard InChI is InChI=1S/C44H50ClN11O3/c1-46-37-26-40(51-56-39(44(59)47-2)27-49-42(37)56)55-19-14-33-32(4-3-5-38(33)55)36-25-30(10-15-48-36)54-22-20-52(21-23-54)16-11-28-12-17-53(18-13-28)29-6-7-31(35(45)24-29)34-8-9-41(57)50-43(34)58/h3-7,10,15,24-28,34,46H,8-9,11-14,16-23H2,1-2H3,(H,47,59)(H,50,57,58). The number of imidazole rings is 1. The molecule has 0 saturated carbocycles. The van der Waals surface area contributed by atoms with Gasteiger partial charge in [-0.05, 0) is 86.0 Å². The van der Waals surface area contributed by atoms with Gasteiger partial charge in [-0.2, -0.15) is 0 Å². The SMILES string of the molecule is CNC(=O)c1cnc2c(NC)cc(N3CCc4c(-c5cc(N6CCN(CCC7CCN(c8ccc(C9CCC(=O)NC9=O)c(Cl)c8)CC7)CC6)ccn5)cccc43)nn12. The zero-order valence-corrected chi connectivity index (χ0v) is 34.3. The maximum atomic E-state index is 12.6. The molecule has 7 heterocycles. The van der Waals surface area contributed by atoms with Gasteiger partial charge in [0.05, 0.1) is 23.5 Å². The van der Waals surface area contributed by atoms with E-state index in [0.717, 1.165) is 111 Å². The van der Waals surface area contributed by atoms with E-state index in [1.807, 2.05) is 31.4 Å². The van der Waals surface area contributed by atoms with Crippen LogP contribution < -0.4 is 30.7 Å². The molecule has 2 aromatic carbocycles. The first-order valence-electron chi connectivity index (χ1n) is 20.8. The summed E-state index contributed by atoms with van der Waals surface area (Å²) in [5.74, 6) is 0.358. The van der Waals surface area contributed by atoms with Gasteiger partial charge in [-0.1, -0.05) is 29.8 Å². The van der Waals surface area contributed by atoms with Gasteiger partial charge in [-0.25, -0.2) is 9.50 Å². The highest BCUT2D eigenvalue weighted by molar-refractivity contribution is 6.32. The Morgan fingerprint density at radius 1 is 0.881 bits per heavy atom. The third kappa shape index (κ3) is 7.67. The second-order valence-electron chi connectivity index (χ2n) is 16.0. The average Bonchev–Trinajstić information content (AvgIpc) is 3.91. The van der Waals surface area contributed by atoms with E-state index < -0.39 is 0 Å². The summed E-state index contributed by atoms with van der Waals surface area (Å²) in [5, 5.41) is 13.8.